The van der Waals surface area contributed by atoms with Gasteiger partial charge in [-0.1, -0.05) is 13.8 Å². The second-order valence-corrected chi connectivity index (χ2v) is 6.37. The maximum atomic E-state index is 10.7. The Morgan fingerprint density at radius 2 is 2.00 bits per heavy atom. The Balaban J connectivity index is 1.81. The van der Waals surface area contributed by atoms with Gasteiger partial charge in [-0.25, -0.2) is 0 Å². The number of rotatable bonds is 5. The highest BCUT2D eigenvalue weighted by Crippen LogP contribution is 2.32. The summed E-state index contributed by atoms with van der Waals surface area (Å²) in [5.74, 6) is 0.790. The molecule has 2 fully saturated rings. The molecule has 2 rings (SSSR count). The first-order chi connectivity index (χ1) is 8.61. The minimum Gasteiger partial charge on any atom is -0.389 e. The van der Waals surface area contributed by atoms with E-state index >= 15 is 0 Å². The van der Waals surface area contributed by atoms with Gasteiger partial charge in [0.1, 0.15) is 0 Å². The van der Waals surface area contributed by atoms with Gasteiger partial charge in [0.2, 0.25) is 0 Å². The quantitative estimate of drug-likeness (QED) is 0.819. The highest BCUT2D eigenvalue weighted by atomic mass is 16.5. The van der Waals surface area contributed by atoms with Crippen LogP contribution in [0.4, 0.5) is 0 Å². The fourth-order valence-corrected chi connectivity index (χ4v) is 3.26. The van der Waals surface area contributed by atoms with E-state index in [0.717, 1.165) is 45.0 Å². The lowest BCUT2D eigenvalue weighted by molar-refractivity contribution is -0.0427. The lowest BCUT2D eigenvalue weighted by atomic mass is 9.79. The van der Waals surface area contributed by atoms with E-state index in [4.69, 9.17) is 4.74 Å². The highest BCUT2D eigenvalue weighted by molar-refractivity contribution is 4.88. The summed E-state index contributed by atoms with van der Waals surface area (Å²) < 4.78 is 5.70. The van der Waals surface area contributed by atoms with Crippen molar-refractivity contribution in [2.24, 2.45) is 5.92 Å². The van der Waals surface area contributed by atoms with E-state index in [1.807, 2.05) is 0 Å². The van der Waals surface area contributed by atoms with Crippen molar-refractivity contribution in [1.29, 1.82) is 0 Å². The summed E-state index contributed by atoms with van der Waals surface area (Å²) in [6.45, 7) is 8.24. The average Bonchev–Trinajstić information content (AvgIpc) is 2.85. The Morgan fingerprint density at radius 1 is 1.28 bits per heavy atom. The Labute approximate surface area is 112 Å². The van der Waals surface area contributed by atoms with Crippen LogP contribution in [0.15, 0.2) is 0 Å². The third-order valence-electron chi connectivity index (χ3n) is 4.66. The predicted octanol–water partition coefficient (Wildman–Crippen LogP) is 2.43. The zero-order valence-electron chi connectivity index (χ0n) is 12.0. The molecule has 18 heavy (non-hydrogen) atoms. The average molecular weight is 255 g/mol. The van der Waals surface area contributed by atoms with Crippen LogP contribution in [-0.4, -0.2) is 48.0 Å². The first-order valence-corrected chi connectivity index (χ1v) is 7.67. The Kier molecular flexibility index (Phi) is 5.05. The van der Waals surface area contributed by atoms with Crippen LogP contribution in [0.25, 0.3) is 0 Å². The summed E-state index contributed by atoms with van der Waals surface area (Å²) in [7, 11) is 0. The van der Waals surface area contributed by atoms with E-state index in [9.17, 15) is 5.11 Å². The van der Waals surface area contributed by atoms with Gasteiger partial charge in [-0.3, -0.25) is 4.90 Å². The zero-order valence-corrected chi connectivity index (χ0v) is 12.0. The van der Waals surface area contributed by atoms with Gasteiger partial charge in [-0.2, -0.15) is 0 Å². The molecule has 1 saturated carbocycles. The minimum atomic E-state index is -0.443. The largest absolute Gasteiger partial charge is 0.389 e. The number of hydrogen-bond donors (Lipinski definition) is 1. The predicted molar refractivity (Wildman–Crippen MR) is 73.7 cm³/mol. The van der Waals surface area contributed by atoms with Crippen molar-refractivity contribution in [3.63, 3.8) is 0 Å². The number of ether oxygens (including phenoxy) is 1. The minimum absolute atomic E-state index is 0.399. The smallest absolute Gasteiger partial charge is 0.0774 e. The van der Waals surface area contributed by atoms with Crippen molar-refractivity contribution < 1.29 is 9.84 Å². The van der Waals surface area contributed by atoms with Crippen molar-refractivity contribution in [2.75, 3.05) is 26.2 Å². The van der Waals surface area contributed by atoms with E-state index in [2.05, 4.69) is 18.7 Å². The molecule has 0 spiro atoms. The van der Waals surface area contributed by atoms with Crippen molar-refractivity contribution >= 4 is 0 Å². The number of aliphatic hydroxyl groups is 1. The molecule has 1 atom stereocenters. The number of likely N-dealkylation sites (N-methyl/N-ethyl adjacent to an activating group) is 1. The summed E-state index contributed by atoms with van der Waals surface area (Å²) in [6.07, 6.45) is 7.07. The van der Waals surface area contributed by atoms with E-state index in [1.54, 1.807) is 0 Å². The third-order valence-corrected chi connectivity index (χ3v) is 4.66. The Morgan fingerprint density at radius 3 is 2.56 bits per heavy atom. The molecule has 0 radical (unpaired) electrons. The lowest BCUT2D eigenvalue weighted by Crippen LogP contribution is -2.47. The van der Waals surface area contributed by atoms with Crippen LogP contribution in [-0.2, 0) is 4.74 Å². The van der Waals surface area contributed by atoms with Crippen LogP contribution in [0.2, 0.25) is 0 Å². The van der Waals surface area contributed by atoms with Gasteiger partial charge in [-0.15, -0.1) is 0 Å². The second-order valence-electron chi connectivity index (χ2n) is 6.37. The van der Waals surface area contributed by atoms with E-state index in [1.165, 1.54) is 25.7 Å². The lowest BCUT2D eigenvalue weighted by Gasteiger charge is -2.39. The van der Waals surface area contributed by atoms with Crippen LogP contribution in [0.5, 0.6) is 0 Å². The molecule has 106 valence electrons. The van der Waals surface area contributed by atoms with Gasteiger partial charge >= 0.3 is 0 Å². The van der Waals surface area contributed by atoms with E-state index < -0.39 is 5.60 Å². The molecule has 1 heterocycles. The van der Waals surface area contributed by atoms with E-state index in [-0.39, 0.29) is 0 Å². The summed E-state index contributed by atoms with van der Waals surface area (Å²) in [4.78, 5) is 2.38. The fraction of sp³-hybridized carbons (Fsp3) is 1.00. The van der Waals surface area contributed by atoms with Crippen molar-refractivity contribution in [2.45, 2.75) is 64.1 Å². The molecule has 1 unspecified atom stereocenters. The summed E-state index contributed by atoms with van der Waals surface area (Å²) >= 11 is 0. The molecule has 0 aromatic rings. The molecule has 0 aromatic heterocycles. The van der Waals surface area contributed by atoms with Crippen LogP contribution in [0, 0.1) is 5.92 Å². The molecule has 3 heteroatoms. The van der Waals surface area contributed by atoms with Gasteiger partial charge < -0.3 is 9.84 Å². The summed E-state index contributed by atoms with van der Waals surface area (Å²) in [6, 6.07) is 0. The topological polar surface area (TPSA) is 32.7 Å². The van der Waals surface area contributed by atoms with Crippen LogP contribution in [0.3, 0.4) is 0 Å². The standard InChI is InChI=1S/C15H29NO2/c1-3-16(11-14-5-4-10-18-14)12-15(17)8-6-13(2)7-9-15/h13-14,17H,3-12H2,1-2H3. The molecule has 1 saturated heterocycles. The molecule has 0 bridgehead atoms. The molecule has 1 aliphatic heterocycles. The van der Waals surface area contributed by atoms with E-state index in [0.29, 0.717) is 6.10 Å². The molecule has 3 nitrogen and oxygen atoms in total. The van der Waals surface area contributed by atoms with Gasteiger partial charge in [0.05, 0.1) is 11.7 Å². The first-order valence-electron chi connectivity index (χ1n) is 7.67. The normalized spacial score (nSPS) is 37.3. The van der Waals surface area contributed by atoms with Gasteiger partial charge in [0.15, 0.2) is 0 Å². The summed E-state index contributed by atoms with van der Waals surface area (Å²) in [5.41, 5.74) is -0.443. The molecular formula is C15H29NO2. The maximum absolute atomic E-state index is 10.7. The third kappa shape index (κ3) is 3.94. The van der Waals surface area contributed by atoms with Gasteiger partial charge in [0, 0.05) is 19.7 Å². The zero-order chi connectivity index (χ0) is 13.0. The van der Waals surface area contributed by atoms with Crippen molar-refractivity contribution in [1.82, 2.24) is 4.90 Å². The van der Waals surface area contributed by atoms with Gasteiger partial charge in [0.25, 0.3) is 0 Å². The monoisotopic (exact) mass is 255 g/mol. The SMILES string of the molecule is CCN(CC1CCCO1)CC1(O)CCC(C)CC1. The summed E-state index contributed by atoms with van der Waals surface area (Å²) in [5, 5.41) is 10.7. The van der Waals surface area contributed by atoms with Crippen LogP contribution < -0.4 is 0 Å². The van der Waals surface area contributed by atoms with Crippen molar-refractivity contribution in [3.05, 3.63) is 0 Å². The molecule has 1 N–H and O–H groups in total. The molecular weight excluding hydrogens is 226 g/mol. The molecule has 1 aliphatic carbocycles. The van der Waals surface area contributed by atoms with Gasteiger partial charge in [-0.05, 0) is 51.0 Å². The number of hydrogen-bond acceptors (Lipinski definition) is 3. The maximum Gasteiger partial charge on any atom is 0.0774 e. The molecule has 0 amide bonds. The van der Waals surface area contributed by atoms with Crippen molar-refractivity contribution in [3.8, 4) is 0 Å². The Hall–Kier alpha value is -0.120. The molecule has 2 aliphatic rings. The van der Waals surface area contributed by atoms with Crippen LogP contribution >= 0.6 is 0 Å². The Bertz CT molecular complexity index is 243. The highest BCUT2D eigenvalue weighted by Gasteiger charge is 2.34. The molecule has 0 aromatic carbocycles. The fourth-order valence-electron chi connectivity index (χ4n) is 3.26. The second kappa shape index (κ2) is 6.36. The number of nitrogens with zero attached hydrogens (tertiary/aromatic N) is 1. The van der Waals surface area contributed by atoms with Crippen LogP contribution in [0.1, 0.15) is 52.4 Å². The first kappa shape index (κ1) is 14.3.